The van der Waals surface area contributed by atoms with Crippen LogP contribution in [0.2, 0.25) is 0 Å². The minimum atomic E-state index is -0.0849. The van der Waals surface area contributed by atoms with Gasteiger partial charge in [0.1, 0.15) is 0 Å². The molecule has 0 spiro atoms. The third-order valence-corrected chi connectivity index (χ3v) is 3.93. The lowest BCUT2D eigenvalue weighted by Gasteiger charge is -2.34. The summed E-state index contributed by atoms with van der Waals surface area (Å²) in [5.41, 5.74) is 0.983. The van der Waals surface area contributed by atoms with Gasteiger partial charge in [-0.2, -0.15) is 5.10 Å². The predicted octanol–water partition coefficient (Wildman–Crippen LogP) is 1.26. The lowest BCUT2D eigenvalue weighted by atomic mass is 9.95. The number of carbonyl (C=O) groups is 2. The fourth-order valence-corrected chi connectivity index (χ4v) is 2.77. The van der Waals surface area contributed by atoms with Crippen LogP contribution < -0.4 is 0 Å². The predicted molar refractivity (Wildman–Crippen MR) is 79.2 cm³/mol. The van der Waals surface area contributed by atoms with Crippen molar-refractivity contribution in [3.63, 3.8) is 0 Å². The molecule has 1 unspecified atom stereocenters. The zero-order valence-electron chi connectivity index (χ0n) is 13.0. The third-order valence-electron chi connectivity index (χ3n) is 3.93. The smallest absolute Gasteiger partial charge is 0.227 e. The Hall–Kier alpha value is -1.85. The molecule has 1 aromatic rings. The number of piperidine rings is 1. The highest BCUT2D eigenvalue weighted by Crippen LogP contribution is 2.20. The second kappa shape index (κ2) is 6.74. The quantitative estimate of drug-likeness (QED) is 0.908. The minimum absolute atomic E-state index is 0.0116. The van der Waals surface area contributed by atoms with Gasteiger partial charge in [0.15, 0.2) is 0 Å². The van der Waals surface area contributed by atoms with Crippen LogP contribution in [0.4, 0.5) is 0 Å². The van der Waals surface area contributed by atoms with Crippen LogP contribution >= 0.6 is 0 Å². The molecule has 1 aliphatic heterocycles. The second-order valence-electron chi connectivity index (χ2n) is 6.08. The Morgan fingerprint density at radius 1 is 1.52 bits per heavy atom. The average molecular weight is 292 g/mol. The summed E-state index contributed by atoms with van der Waals surface area (Å²) in [4.78, 5) is 28.2. The highest BCUT2D eigenvalue weighted by atomic mass is 16.2. The van der Waals surface area contributed by atoms with E-state index in [9.17, 15) is 9.59 Å². The molecule has 1 aromatic heterocycles. The molecule has 0 aromatic carbocycles. The van der Waals surface area contributed by atoms with E-state index in [0.29, 0.717) is 13.1 Å². The van der Waals surface area contributed by atoms with Crippen molar-refractivity contribution in [3.05, 3.63) is 18.0 Å². The SMILES string of the molecule is CC(C)C(=O)N1CCCC(C(=O)N(C)Cc2cn[nH]c2)C1. The Kier molecular flexibility index (Phi) is 4.98. The van der Waals surface area contributed by atoms with Gasteiger partial charge < -0.3 is 9.80 Å². The summed E-state index contributed by atoms with van der Waals surface area (Å²) >= 11 is 0. The van der Waals surface area contributed by atoms with Crippen molar-refractivity contribution in [1.29, 1.82) is 0 Å². The van der Waals surface area contributed by atoms with Crippen molar-refractivity contribution in [2.45, 2.75) is 33.2 Å². The Balaban J connectivity index is 1.93. The number of aromatic amines is 1. The lowest BCUT2D eigenvalue weighted by molar-refractivity contribution is -0.141. The Bertz CT molecular complexity index is 484. The molecule has 1 N–H and O–H groups in total. The van der Waals surface area contributed by atoms with Gasteiger partial charge >= 0.3 is 0 Å². The highest BCUT2D eigenvalue weighted by molar-refractivity contribution is 5.82. The van der Waals surface area contributed by atoms with Crippen LogP contribution in [0.25, 0.3) is 0 Å². The molecule has 0 saturated carbocycles. The van der Waals surface area contributed by atoms with Gasteiger partial charge in [0.2, 0.25) is 11.8 Å². The molecule has 1 fully saturated rings. The topological polar surface area (TPSA) is 69.3 Å². The van der Waals surface area contributed by atoms with E-state index in [0.717, 1.165) is 24.9 Å². The zero-order valence-corrected chi connectivity index (χ0v) is 13.0. The molecule has 1 saturated heterocycles. The van der Waals surface area contributed by atoms with Crippen LogP contribution in [0.5, 0.6) is 0 Å². The Morgan fingerprint density at radius 2 is 2.29 bits per heavy atom. The largest absolute Gasteiger partial charge is 0.342 e. The molecule has 6 nitrogen and oxygen atoms in total. The molecular weight excluding hydrogens is 268 g/mol. The molecule has 6 heteroatoms. The maximum atomic E-state index is 12.5. The summed E-state index contributed by atoms with van der Waals surface area (Å²) in [6, 6.07) is 0. The van der Waals surface area contributed by atoms with Gasteiger partial charge in [-0.15, -0.1) is 0 Å². The van der Waals surface area contributed by atoms with Crippen LogP contribution in [0.15, 0.2) is 12.4 Å². The van der Waals surface area contributed by atoms with Crippen molar-refractivity contribution in [2.24, 2.45) is 11.8 Å². The molecule has 1 aliphatic rings. The number of amides is 2. The van der Waals surface area contributed by atoms with Gasteiger partial charge in [0.05, 0.1) is 12.1 Å². The summed E-state index contributed by atoms with van der Waals surface area (Å²) in [5.74, 6) is 0.156. The van der Waals surface area contributed by atoms with Crippen LogP contribution in [0.3, 0.4) is 0 Å². The van der Waals surface area contributed by atoms with E-state index in [2.05, 4.69) is 10.2 Å². The molecule has 0 bridgehead atoms. The van der Waals surface area contributed by atoms with E-state index in [1.54, 1.807) is 24.3 Å². The van der Waals surface area contributed by atoms with Crippen LogP contribution in [-0.4, -0.2) is 51.9 Å². The van der Waals surface area contributed by atoms with Crippen LogP contribution in [-0.2, 0) is 16.1 Å². The van der Waals surface area contributed by atoms with E-state index in [1.807, 2.05) is 18.7 Å². The van der Waals surface area contributed by atoms with Gasteiger partial charge in [0, 0.05) is 44.4 Å². The first kappa shape index (κ1) is 15.5. The average Bonchev–Trinajstić information content (AvgIpc) is 2.98. The molecule has 1 atom stereocenters. The monoisotopic (exact) mass is 292 g/mol. The van der Waals surface area contributed by atoms with E-state index in [-0.39, 0.29) is 23.7 Å². The maximum absolute atomic E-state index is 12.5. The van der Waals surface area contributed by atoms with Gasteiger partial charge in [-0.05, 0) is 12.8 Å². The van der Waals surface area contributed by atoms with E-state index in [1.165, 1.54) is 0 Å². The third kappa shape index (κ3) is 3.83. The first-order chi connectivity index (χ1) is 9.99. The number of nitrogens with one attached hydrogen (secondary N) is 1. The number of aromatic nitrogens is 2. The maximum Gasteiger partial charge on any atom is 0.227 e. The Morgan fingerprint density at radius 3 is 2.90 bits per heavy atom. The van der Waals surface area contributed by atoms with Gasteiger partial charge in [0.25, 0.3) is 0 Å². The number of likely N-dealkylation sites (tertiary alicyclic amines) is 1. The molecule has 2 rings (SSSR count). The summed E-state index contributed by atoms with van der Waals surface area (Å²) < 4.78 is 0. The van der Waals surface area contributed by atoms with Crippen molar-refractivity contribution >= 4 is 11.8 Å². The molecule has 0 radical (unpaired) electrons. The number of carbonyl (C=O) groups excluding carboxylic acids is 2. The molecule has 2 heterocycles. The van der Waals surface area contributed by atoms with Crippen molar-refractivity contribution in [1.82, 2.24) is 20.0 Å². The summed E-state index contributed by atoms with van der Waals surface area (Å²) in [6.45, 7) is 5.67. The van der Waals surface area contributed by atoms with E-state index in [4.69, 9.17) is 0 Å². The summed E-state index contributed by atoms with van der Waals surface area (Å²) in [7, 11) is 1.80. The van der Waals surface area contributed by atoms with Crippen LogP contribution in [0.1, 0.15) is 32.3 Å². The standard InChI is InChI=1S/C15H24N4O2/c1-11(2)14(20)19-6-4-5-13(10-19)15(21)18(3)9-12-7-16-17-8-12/h7-8,11,13H,4-6,9-10H2,1-3H3,(H,16,17). The van der Waals surface area contributed by atoms with Crippen molar-refractivity contribution in [2.75, 3.05) is 20.1 Å². The number of hydrogen-bond donors (Lipinski definition) is 1. The van der Waals surface area contributed by atoms with E-state index < -0.39 is 0 Å². The summed E-state index contributed by atoms with van der Waals surface area (Å²) in [5, 5.41) is 6.63. The van der Waals surface area contributed by atoms with E-state index >= 15 is 0 Å². The van der Waals surface area contributed by atoms with Gasteiger partial charge in [-0.1, -0.05) is 13.8 Å². The first-order valence-electron chi connectivity index (χ1n) is 7.50. The minimum Gasteiger partial charge on any atom is -0.342 e. The number of nitrogens with zero attached hydrogens (tertiary/aromatic N) is 3. The molecule has 21 heavy (non-hydrogen) atoms. The first-order valence-corrected chi connectivity index (χ1v) is 7.50. The number of hydrogen-bond acceptors (Lipinski definition) is 3. The summed E-state index contributed by atoms with van der Waals surface area (Å²) in [6.07, 6.45) is 5.27. The second-order valence-corrected chi connectivity index (χ2v) is 6.08. The highest BCUT2D eigenvalue weighted by Gasteiger charge is 2.30. The molecule has 0 aliphatic carbocycles. The number of H-pyrrole nitrogens is 1. The van der Waals surface area contributed by atoms with Gasteiger partial charge in [-0.3, -0.25) is 14.7 Å². The lowest BCUT2D eigenvalue weighted by Crippen LogP contribution is -2.46. The van der Waals surface area contributed by atoms with Crippen molar-refractivity contribution in [3.8, 4) is 0 Å². The zero-order chi connectivity index (χ0) is 15.4. The van der Waals surface area contributed by atoms with Crippen LogP contribution in [0, 0.1) is 11.8 Å². The fraction of sp³-hybridized carbons (Fsp3) is 0.667. The Labute approximate surface area is 125 Å². The van der Waals surface area contributed by atoms with Gasteiger partial charge in [-0.25, -0.2) is 0 Å². The molecular formula is C15H24N4O2. The molecule has 116 valence electrons. The number of rotatable bonds is 4. The normalized spacial score (nSPS) is 18.9. The fourth-order valence-electron chi connectivity index (χ4n) is 2.77. The molecule has 2 amide bonds. The van der Waals surface area contributed by atoms with Crippen molar-refractivity contribution < 1.29 is 9.59 Å².